The summed E-state index contributed by atoms with van der Waals surface area (Å²) in [5, 5.41) is 0. The Hall–Kier alpha value is -0.530. The zero-order chi connectivity index (χ0) is 23.3. The molecule has 2 nitrogen and oxygen atoms in total. The van der Waals surface area contributed by atoms with Crippen LogP contribution in [0.2, 0.25) is 0 Å². The average molecular weight is 445 g/mol. The predicted molar refractivity (Wildman–Crippen MR) is 133 cm³/mol. The summed E-state index contributed by atoms with van der Waals surface area (Å²) in [6, 6.07) is 0. The fourth-order valence-electron chi connectivity index (χ4n) is 9.71. The zero-order valence-corrected chi connectivity index (χ0v) is 22.3. The van der Waals surface area contributed by atoms with Gasteiger partial charge in [-0.1, -0.05) is 54.4 Å². The predicted octanol–water partition coefficient (Wildman–Crippen LogP) is 8.29. The first kappa shape index (κ1) is 24.6. The molecule has 0 saturated heterocycles. The lowest BCUT2D eigenvalue weighted by Gasteiger charge is -2.62. The van der Waals surface area contributed by atoms with Crippen LogP contribution in [-0.2, 0) is 9.53 Å². The van der Waals surface area contributed by atoms with Crippen molar-refractivity contribution in [1.29, 1.82) is 0 Å². The summed E-state index contributed by atoms with van der Waals surface area (Å²) in [5.74, 6) is 6.64. The second-order valence-corrected chi connectivity index (χ2v) is 13.6. The number of carbonyl (C=O) groups is 1. The summed E-state index contributed by atoms with van der Waals surface area (Å²) in [5.41, 5.74) is 0.751. The van der Waals surface area contributed by atoms with E-state index in [0.29, 0.717) is 5.41 Å². The molecule has 2 heteroatoms. The normalized spacial score (nSPS) is 45.5. The molecule has 0 aromatic rings. The minimum Gasteiger partial charge on any atom is -0.462 e. The third kappa shape index (κ3) is 4.08. The van der Waals surface area contributed by atoms with E-state index in [1.54, 1.807) is 6.92 Å². The van der Waals surface area contributed by atoms with Gasteiger partial charge in [-0.2, -0.15) is 0 Å². The van der Waals surface area contributed by atoms with Crippen LogP contribution in [0.4, 0.5) is 0 Å². The standard InChI is InChI=1S/C30H52O2/c1-19(2)20(3)11-12-21(4)25-15-16-26-24-14-13-23-9-8-10-28(32-22(5)31)30(23,7)27(24)17-18-29(25,26)6/h19-21,23-28H,8-18H2,1-7H3/t20?,21-,23+,24+,25-,26+,27+,28?,29-,30+/m1/s1. The van der Waals surface area contributed by atoms with E-state index in [9.17, 15) is 4.79 Å². The molecule has 184 valence electrons. The molecule has 4 aliphatic carbocycles. The van der Waals surface area contributed by atoms with Crippen molar-refractivity contribution in [1.82, 2.24) is 0 Å². The van der Waals surface area contributed by atoms with Crippen molar-refractivity contribution in [3.05, 3.63) is 0 Å². The van der Waals surface area contributed by atoms with Gasteiger partial charge in [0.1, 0.15) is 6.10 Å². The Morgan fingerprint density at radius 1 is 0.906 bits per heavy atom. The van der Waals surface area contributed by atoms with Crippen molar-refractivity contribution >= 4 is 5.97 Å². The molecular weight excluding hydrogens is 392 g/mol. The topological polar surface area (TPSA) is 26.3 Å². The van der Waals surface area contributed by atoms with Gasteiger partial charge in [0.2, 0.25) is 0 Å². The van der Waals surface area contributed by atoms with E-state index in [4.69, 9.17) is 4.74 Å². The van der Waals surface area contributed by atoms with Crippen LogP contribution in [-0.4, -0.2) is 12.1 Å². The lowest BCUT2D eigenvalue weighted by atomic mass is 9.44. The Balaban J connectivity index is 1.51. The van der Waals surface area contributed by atoms with Crippen molar-refractivity contribution in [2.45, 2.75) is 125 Å². The summed E-state index contributed by atoms with van der Waals surface area (Å²) < 4.78 is 6.04. The molecule has 4 saturated carbocycles. The molecule has 0 aromatic carbocycles. The van der Waals surface area contributed by atoms with Gasteiger partial charge in [0, 0.05) is 12.3 Å². The van der Waals surface area contributed by atoms with Crippen LogP contribution >= 0.6 is 0 Å². The zero-order valence-electron chi connectivity index (χ0n) is 22.3. The number of hydrogen-bond acceptors (Lipinski definition) is 2. The summed E-state index contributed by atoms with van der Waals surface area (Å²) in [7, 11) is 0. The third-order valence-corrected chi connectivity index (χ3v) is 12.0. The molecule has 0 aromatic heterocycles. The molecule has 0 spiro atoms. The molecule has 0 bridgehead atoms. The quantitative estimate of drug-likeness (QED) is 0.385. The molecule has 0 heterocycles. The second-order valence-electron chi connectivity index (χ2n) is 13.6. The maximum atomic E-state index is 12.0. The van der Waals surface area contributed by atoms with E-state index < -0.39 is 0 Å². The van der Waals surface area contributed by atoms with Crippen LogP contribution in [0.25, 0.3) is 0 Å². The van der Waals surface area contributed by atoms with Gasteiger partial charge in [-0.15, -0.1) is 0 Å². The van der Waals surface area contributed by atoms with Crippen LogP contribution in [0.1, 0.15) is 119 Å². The van der Waals surface area contributed by atoms with Crippen LogP contribution in [0, 0.1) is 58.2 Å². The van der Waals surface area contributed by atoms with Gasteiger partial charge >= 0.3 is 5.97 Å². The van der Waals surface area contributed by atoms with Crippen molar-refractivity contribution in [3.8, 4) is 0 Å². The lowest BCUT2D eigenvalue weighted by Crippen LogP contribution is -2.58. The van der Waals surface area contributed by atoms with Gasteiger partial charge in [-0.3, -0.25) is 4.79 Å². The minimum atomic E-state index is -0.0648. The van der Waals surface area contributed by atoms with E-state index in [0.717, 1.165) is 53.8 Å². The molecule has 0 N–H and O–H groups in total. The summed E-state index contributed by atoms with van der Waals surface area (Å²) >= 11 is 0. The molecule has 32 heavy (non-hydrogen) atoms. The highest BCUT2D eigenvalue weighted by atomic mass is 16.5. The highest BCUT2D eigenvalue weighted by Gasteiger charge is 2.62. The van der Waals surface area contributed by atoms with Crippen molar-refractivity contribution in [2.75, 3.05) is 0 Å². The van der Waals surface area contributed by atoms with Crippen molar-refractivity contribution in [3.63, 3.8) is 0 Å². The van der Waals surface area contributed by atoms with E-state index >= 15 is 0 Å². The molecule has 0 amide bonds. The second kappa shape index (κ2) is 9.26. The summed E-state index contributed by atoms with van der Waals surface area (Å²) in [6.07, 6.45) is 15.1. The Bertz CT molecular complexity index is 670. The molecule has 4 fully saturated rings. The maximum Gasteiger partial charge on any atom is 0.302 e. The highest BCUT2D eigenvalue weighted by molar-refractivity contribution is 5.66. The molecule has 10 atom stereocenters. The Morgan fingerprint density at radius 2 is 1.66 bits per heavy atom. The van der Waals surface area contributed by atoms with Crippen molar-refractivity contribution in [2.24, 2.45) is 58.2 Å². The maximum absolute atomic E-state index is 12.0. The summed E-state index contributed by atoms with van der Waals surface area (Å²) in [6.45, 7) is 16.6. The van der Waals surface area contributed by atoms with Crippen LogP contribution in [0.3, 0.4) is 0 Å². The average Bonchev–Trinajstić information content (AvgIpc) is 3.09. The first-order valence-electron chi connectivity index (χ1n) is 14.3. The molecule has 0 radical (unpaired) electrons. The number of esters is 1. The van der Waals surface area contributed by atoms with Gasteiger partial charge in [0.25, 0.3) is 0 Å². The van der Waals surface area contributed by atoms with Crippen molar-refractivity contribution < 1.29 is 9.53 Å². The Morgan fingerprint density at radius 3 is 2.34 bits per heavy atom. The molecule has 2 unspecified atom stereocenters. The van der Waals surface area contributed by atoms with Gasteiger partial charge in [0.15, 0.2) is 0 Å². The Kier molecular flexibility index (Phi) is 7.11. The molecule has 4 aliphatic rings. The smallest absolute Gasteiger partial charge is 0.302 e. The number of ether oxygens (including phenoxy) is 1. The Labute approximate surface area is 199 Å². The monoisotopic (exact) mass is 444 g/mol. The van der Waals surface area contributed by atoms with Gasteiger partial charge in [-0.25, -0.2) is 0 Å². The molecular formula is C30H52O2. The summed E-state index contributed by atoms with van der Waals surface area (Å²) in [4.78, 5) is 12.0. The van der Waals surface area contributed by atoms with Gasteiger partial charge < -0.3 is 4.74 Å². The van der Waals surface area contributed by atoms with E-state index in [-0.39, 0.29) is 17.5 Å². The van der Waals surface area contributed by atoms with Crippen LogP contribution in [0.15, 0.2) is 0 Å². The van der Waals surface area contributed by atoms with E-state index in [2.05, 4.69) is 41.5 Å². The number of rotatable bonds is 6. The third-order valence-electron chi connectivity index (χ3n) is 12.0. The number of hydrogen-bond donors (Lipinski definition) is 0. The van der Waals surface area contributed by atoms with Gasteiger partial charge in [-0.05, 0) is 111 Å². The molecule has 4 rings (SSSR count). The lowest BCUT2D eigenvalue weighted by molar-refractivity contribution is -0.190. The fraction of sp³-hybridized carbons (Fsp3) is 0.967. The number of fused-ring (bicyclic) bond motifs is 5. The molecule has 0 aliphatic heterocycles. The van der Waals surface area contributed by atoms with Crippen LogP contribution < -0.4 is 0 Å². The largest absolute Gasteiger partial charge is 0.462 e. The van der Waals surface area contributed by atoms with Crippen LogP contribution in [0.5, 0.6) is 0 Å². The first-order valence-corrected chi connectivity index (χ1v) is 14.3. The van der Waals surface area contributed by atoms with E-state index in [1.807, 2.05) is 0 Å². The minimum absolute atomic E-state index is 0.0648. The SMILES string of the molecule is CC(=O)OC1CCC[C@H]2CC[C@H]3[C@@H]4CC[C@H]([C@H](C)CCC(C)C(C)C)[C@@]4(C)CC[C@@H]3[C@@]12C. The fourth-order valence-corrected chi connectivity index (χ4v) is 9.71. The van der Waals surface area contributed by atoms with E-state index in [1.165, 1.54) is 64.2 Å². The number of carbonyl (C=O) groups excluding carboxylic acids is 1. The van der Waals surface area contributed by atoms with Gasteiger partial charge in [0.05, 0.1) is 0 Å². The first-order chi connectivity index (χ1) is 15.1. The highest BCUT2D eigenvalue weighted by Crippen LogP contribution is 2.68.